The molecule has 1 aromatic heterocycles. The zero-order valence-electron chi connectivity index (χ0n) is 16.5. The van der Waals surface area contributed by atoms with Crippen molar-refractivity contribution in [2.24, 2.45) is 5.92 Å². The molecule has 1 saturated carbocycles. The molecular formula is C23H21FN4O2. The third-order valence-corrected chi connectivity index (χ3v) is 5.84. The van der Waals surface area contributed by atoms with Gasteiger partial charge in [0.05, 0.1) is 11.4 Å². The molecule has 0 radical (unpaired) electrons. The van der Waals surface area contributed by atoms with Crippen molar-refractivity contribution in [1.29, 1.82) is 0 Å². The number of para-hydroxylation sites is 1. The third-order valence-electron chi connectivity index (χ3n) is 5.84. The van der Waals surface area contributed by atoms with Gasteiger partial charge < -0.3 is 10.2 Å². The van der Waals surface area contributed by atoms with Crippen molar-refractivity contribution < 1.29 is 14.0 Å². The van der Waals surface area contributed by atoms with E-state index in [4.69, 9.17) is 0 Å². The smallest absolute Gasteiger partial charge is 0.304 e. The number of hydrogen-bond acceptors (Lipinski definition) is 3. The number of amides is 2. The minimum atomic E-state index is -0.736. The number of nitrogens with one attached hydrogen (secondary N) is 1. The molecule has 5 rings (SSSR count). The lowest BCUT2D eigenvalue weighted by Gasteiger charge is -2.17. The first-order valence-corrected chi connectivity index (χ1v) is 10.1. The number of fused-ring (bicyclic) bond motifs is 1. The minimum Gasteiger partial charge on any atom is -0.304 e. The Kier molecular flexibility index (Phi) is 4.38. The van der Waals surface area contributed by atoms with Gasteiger partial charge >= 0.3 is 11.8 Å². The van der Waals surface area contributed by atoms with Gasteiger partial charge in [-0.1, -0.05) is 25.1 Å². The molecule has 6 nitrogen and oxygen atoms in total. The molecule has 152 valence electrons. The third kappa shape index (κ3) is 3.26. The number of anilines is 2. The Bertz CT molecular complexity index is 1140. The van der Waals surface area contributed by atoms with Crippen LogP contribution >= 0.6 is 0 Å². The number of hydrogen-bond donors (Lipinski definition) is 1. The number of aromatic nitrogens is 2. The Morgan fingerprint density at radius 2 is 1.90 bits per heavy atom. The lowest BCUT2D eigenvalue weighted by Crippen LogP contribution is -2.39. The average molecular weight is 404 g/mol. The molecule has 30 heavy (non-hydrogen) atoms. The Hall–Kier alpha value is -3.48. The standard InChI is InChI=1S/C23H21FN4O2/c1-14-11-18(14)19-13-21(28(26-19)17-5-3-2-4-6-17)25-22(29)23(30)27-10-9-15-12-16(24)7-8-20(15)27/h2-8,12-14,18H,9-11H2,1H3,(H,25,29). The molecule has 0 saturated heterocycles. The fraction of sp³-hybridized carbons (Fsp3) is 0.261. The molecule has 2 aliphatic rings. The van der Waals surface area contributed by atoms with Crippen LogP contribution in [-0.2, 0) is 16.0 Å². The molecule has 2 amide bonds. The van der Waals surface area contributed by atoms with E-state index in [0.717, 1.165) is 23.4 Å². The van der Waals surface area contributed by atoms with Crippen molar-refractivity contribution in [3.63, 3.8) is 0 Å². The molecule has 2 heterocycles. The molecule has 0 bridgehead atoms. The number of carbonyl (C=O) groups excluding carboxylic acids is 2. The van der Waals surface area contributed by atoms with E-state index in [-0.39, 0.29) is 5.82 Å². The number of carbonyl (C=O) groups is 2. The van der Waals surface area contributed by atoms with Crippen molar-refractivity contribution >= 4 is 23.3 Å². The number of halogens is 1. The van der Waals surface area contributed by atoms with E-state index >= 15 is 0 Å². The molecule has 1 aliphatic carbocycles. The molecule has 1 N–H and O–H groups in total. The van der Waals surface area contributed by atoms with Crippen LogP contribution in [0.2, 0.25) is 0 Å². The maximum Gasteiger partial charge on any atom is 0.316 e. The van der Waals surface area contributed by atoms with Gasteiger partial charge in [0.1, 0.15) is 11.6 Å². The normalized spacial score (nSPS) is 19.5. The van der Waals surface area contributed by atoms with E-state index in [1.54, 1.807) is 10.7 Å². The summed E-state index contributed by atoms with van der Waals surface area (Å²) in [6.07, 6.45) is 1.59. The fourth-order valence-corrected chi connectivity index (χ4v) is 4.04. The first-order valence-electron chi connectivity index (χ1n) is 10.1. The van der Waals surface area contributed by atoms with Gasteiger partial charge in [-0.25, -0.2) is 9.07 Å². The zero-order valence-corrected chi connectivity index (χ0v) is 16.5. The van der Waals surface area contributed by atoms with Crippen LogP contribution < -0.4 is 10.2 Å². The van der Waals surface area contributed by atoms with E-state index in [2.05, 4.69) is 17.3 Å². The SMILES string of the molecule is CC1CC1c1cc(NC(=O)C(=O)N2CCc3cc(F)ccc32)n(-c2ccccc2)n1. The zero-order chi connectivity index (χ0) is 20.8. The first-order chi connectivity index (χ1) is 14.5. The van der Waals surface area contributed by atoms with Crippen LogP contribution in [0.1, 0.15) is 30.5 Å². The van der Waals surface area contributed by atoms with Crippen LogP contribution in [0.3, 0.4) is 0 Å². The lowest BCUT2D eigenvalue weighted by atomic mass is 10.2. The summed E-state index contributed by atoms with van der Waals surface area (Å²) < 4.78 is 15.1. The van der Waals surface area contributed by atoms with Gasteiger partial charge in [-0.2, -0.15) is 5.10 Å². The minimum absolute atomic E-state index is 0.346. The number of nitrogens with zero attached hydrogens (tertiary/aromatic N) is 3. The highest BCUT2D eigenvalue weighted by molar-refractivity contribution is 6.44. The van der Waals surface area contributed by atoms with Crippen LogP contribution in [0.15, 0.2) is 54.6 Å². The largest absolute Gasteiger partial charge is 0.316 e. The Labute approximate surface area is 173 Å². The molecule has 3 aromatic rings. The highest BCUT2D eigenvalue weighted by Gasteiger charge is 2.37. The van der Waals surface area contributed by atoms with Gasteiger partial charge in [0, 0.05) is 24.2 Å². The maximum absolute atomic E-state index is 13.4. The van der Waals surface area contributed by atoms with Gasteiger partial charge in [-0.05, 0) is 54.7 Å². The molecule has 0 spiro atoms. The van der Waals surface area contributed by atoms with Crippen LogP contribution in [0.25, 0.3) is 5.69 Å². The van der Waals surface area contributed by atoms with Crippen LogP contribution in [0, 0.1) is 11.7 Å². The van der Waals surface area contributed by atoms with Crippen LogP contribution in [-0.4, -0.2) is 28.1 Å². The van der Waals surface area contributed by atoms with E-state index in [1.807, 2.05) is 36.4 Å². The maximum atomic E-state index is 13.4. The molecule has 1 fully saturated rings. The van der Waals surface area contributed by atoms with Gasteiger partial charge in [0.25, 0.3) is 0 Å². The first kappa shape index (κ1) is 18.5. The van der Waals surface area contributed by atoms with Crippen molar-refractivity contribution in [2.75, 3.05) is 16.8 Å². The second-order valence-electron chi connectivity index (χ2n) is 7.96. The predicted molar refractivity (Wildman–Crippen MR) is 111 cm³/mol. The number of benzene rings is 2. The van der Waals surface area contributed by atoms with E-state index in [9.17, 15) is 14.0 Å². The van der Waals surface area contributed by atoms with Gasteiger partial charge in [0.15, 0.2) is 0 Å². The summed E-state index contributed by atoms with van der Waals surface area (Å²) in [6, 6.07) is 15.6. The van der Waals surface area contributed by atoms with Gasteiger partial charge in [-0.15, -0.1) is 0 Å². The van der Waals surface area contributed by atoms with Crippen LogP contribution in [0.4, 0.5) is 15.9 Å². The quantitative estimate of drug-likeness (QED) is 0.678. The summed E-state index contributed by atoms with van der Waals surface area (Å²) in [5.41, 5.74) is 3.04. The molecule has 2 unspecified atom stereocenters. The van der Waals surface area contributed by atoms with Gasteiger partial charge in [0.2, 0.25) is 0 Å². The monoisotopic (exact) mass is 404 g/mol. The molecule has 2 aromatic carbocycles. The van der Waals surface area contributed by atoms with E-state index in [0.29, 0.717) is 36.3 Å². The highest BCUT2D eigenvalue weighted by Crippen LogP contribution is 2.47. The van der Waals surface area contributed by atoms with Crippen LogP contribution in [0.5, 0.6) is 0 Å². The average Bonchev–Trinajstić information content (AvgIpc) is 3.14. The summed E-state index contributed by atoms with van der Waals surface area (Å²) in [7, 11) is 0. The highest BCUT2D eigenvalue weighted by atomic mass is 19.1. The Morgan fingerprint density at radius 1 is 1.13 bits per heavy atom. The Balaban J connectivity index is 1.41. The van der Waals surface area contributed by atoms with E-state index < -0.39 is 11.8 Å². The summed E-state index contributed by atoms with van der Waals surface area (Å²) in [6.45, 7) is 2.52. The second-order valence-corrected chi connectivity index (χ2v) is 7.96. The molecule has 1 aliphatic heterocycles. The summed E-state index contributed by atoms with van der Waals surface area (Å²) in [4.78, 5) is 27.0. The topological polar surface area (TPSA) is 67.2 Å². The summed E-state index contributed by atoms with van der Waals surface area (Å²) >= 11 is 0. The van der Waals surface area contributed by atoms with Crippen molar-refractivity contribution in [3.8, 4) is 5.69 Å². The van der Waals surface area contributed by atoms with Crippen molar-refractivity contribution in [3.05, 3.63) is 71.7 Å². The predicted octanol–water partition coefficient (Wildman–Crippen LogP) is 3.66. The number of rotatable bonds is 3. The van der Waals surface area contributed by atoms with Gasteiger partial charge in [-0.3, -0.25) is 9.59 Å². The van der Waals surface area contributed by atoms with Crippen molar-refractivity contribution in [1.82, 2.24) is 9.78 Å². The molecule has 2 atom stereocenters. The molecular weight excluding hydrogens is 383 g/mol. The fourth-order valence-electron chi connectivity index (χ4n) is 4.04. The summed E-state index contributed by atoms with van der Waals surface area (Å²) in [5, 5.41) is 7.43. The lowest BCUT2D eigenvalue weighted by molar-refractivity contribution is -0.134. The molecule has 7 heteroatoms. The second kappa shape index (κ2) is 7.09. The van der Waals surface area contributed by atoms with E-state index in [1.165, 1.54) is 17.0 Å². The Morgan fingerprint density at radius 3 is 2.63 bits per heavy atom. The van der Waals surface area contributed by atoms with Crippen molar-refractivity contribution in [2.45, 2.75) is 25.7 Å². The summed E-state index contributed by atoms with van der Waals surface area (Å²) in [5.74, 6) is -0.340.